The Morgan fingerprint density at radius 3 is 2.74 bits per heavy atom. The van der Waals surface area contributed by atoms with E-state index >= 15 is 0 Å². The van der Waals surface area contributed by atoms with Crippen LogP contribution in [0.4, 0.5) is 5.69 Å². The number of hydrogen-bond donors (Lipinski definition) is 2. The van der Waals surface area contributed by atoms with Crippen LogP contribution in [-0.4, -0.2) is 5.97 Å². The Bertz CT molecular complexity index is 784. The second kappa shape index (κ2) is 6.24. The summed E-state index contributed by atoms with van der Waals surface area (Å²) in [5.74, 6) is 10.5. The maximum Gasteiger partial charge on any atom is 0.356 e. The predicted octanol–water partition coefficient (Wildman–Crippen LogP) is 2.39. The fraction of sp³-hybridized carbons (Fsp3) is 0.167. The molecule has 0 radical (unpaired) electrons. The van der Waals surface area contributed by atoms with E-state index < -0.39 is 5.97 Å². The third-order valence-electron chi connectivity index (χ3n) is 4.14. The number of rotatable bonds is 3. The molecule has 3 rings (SSSR count). The van der Waals surface area contributed by atoms with Gasteiger partial charge in [-0.1, -0.05) is 24.3 Å². The van der Waals surface area contributed by atoms with Crippen molar-refractivity contribution in [2.24, 2.45) is 11.7 Å². The lowest BCUT2D eigenvalue weighted by Crippen LogP contribution is -2.25. The number of benzene rings is 2. The number of carbonyl (C=O) groups is 1. The number of aryl methyl sites for hydroxylation is 1. The molecule has 2 aromatic rings. The van der Waals surface area contributed by atoms with Crippen molar-refractivity contribution in [3.05, 3.63) is 76.5 Å². The molecule has 1 aliphatic carbocycles. The van der Waals surface area contributed by atoms with Gasteiger partial charge in [0.15, 0.2) is 0 Å². The molecule has 0 saturated heterocycles. The largest absolute Gasteiger partial charge is 0.370 e. The molecule has 0 aromatic heterocycles. The first-order valence-electron chi connectivity index (χ1n) is 7.40. The first kappa shape index (κ1) is 15.3. The van der Waals surface area contributed by atoms with E-state index in [0.29, 0.717) is 11.3 Å². The highest BCUT2D eigenvalue weighted by molar-refractivity contribution is 5.90. The normalized spacial score (nSPS) is 14.7. The molecular weight excluding hydrogens is 290 g/mol. The van der Waals surface area contributed by atoms with E-state index in [2.05, 4.69) is 30.0 Å². The van der Waals surface area contributed by atoms with Gasteiger partial charge in [0.1, 0.15) is 0 Å². The number of fused-ring (bicyclic) bond motifs is 1. The molecule has 0 fully saturated rings. The minimum atomic E-state index is -0.586. The predicted molar refractivity (Wildman–Crippen MR) is 89.4 cm³/mol. The summed E-state index contributed by atoms with van der Waals surface area (Å²) in [7, 11) is 0. The Kier molecular flexibility index (Phi) is 4.14. The maximum absolute atomic E-state index is 11.5. The van der Waals surface area contributed by atoms with Crippen LogP contribution in [-0.2, 0) is 17.7 Å². The zero-order valence-electron chi connectivity index (χ0n) is 13.0. The number of anilines is 1. The minimum absolute atomic E-state index is 0.365. The summed E-state index contributed by atoms with van der Waals surface area (Å²) in [5, 5.41) is 1.53. The molecule has 0 atom stereocenters. The number of allylic oxidation sites excluding steroid dienone is 1. The second-order valence-corrected chi connectivity index (χ2v) is 5.72. The van der Waals surface area contributed by atoms with Gasteiger partial charge >= 0.3 is 5.97 Å². The molecule has 0 aliphatic heterocycles. The van der Waals surface area contributed by atoms with E-state index in [0.717, 1.165) is 12.8 Å². The molecule has 4 N–H and O–H groups in total. The fourth-order valence-electron chi connectivity index (χ4n) is 2.94. The molecule has 0 heterocycles. The van der Waals surface area contributed by atoms with Gasteiger partial charge in [0.2, 0.25) is 0 Å². The van der Waals surface area contributed by atoms with Crippen molar-refractivity contribution in [2.75, 3.05) is 5.01 Å². The van der Waals surface area contributed by atoms with Gasteiger partial charge in [-0.15, -0.1) is 0 Å². The minimum Gasteiger partial charge on any atom is -0.370 e. The van der Waals surface area contributed by atoms with Crippen LogP contribution in [0, 0.1) is 6.92 Å². The van der Waals surface area contributed by atoms with Gasteiger partial charge in [-0.05, 0) is 60.2 Å². The van der Waals surface area contributed by atoms with E-state index in [4.69, 9.17) is 11.7 Å². The van der Waals surface area contributed by atoms with Crippen LogP contribution >= 0.6 is 0 Å². The molecule has 23 heavy (non-hydrogen) atoms. The van der Waals surface area contributed by atoms with Crippen LogP contribution in [0.5, 0.6) is 0 Å². The van der Waals surface area contributed by atoms with E-state index in [9.17, 15) is 4.79 Å². The molecule has 5 heteroatoms. The van der Waals surface area contributed by atoms with Crippen LogP contribution < -0.4 is 16.7 Å². The number of hydrazine groups is 1. The van der Waals surface area contributed by atoms with Crippen molar-refractivity contribution >= 4 is 11.7 Å². The van der Waals surface area contributed by atoms with Crippen LogP contribution in [0.3, 0.4) is 0 Å². The highest BCUT2D eigenvalue weighted by Crippen LogP contribution is 2.29. The Balaban J connectivity index is 1.82. The van der Waals surface area contributed by atoms with Crippen LogP contribution in [0.1, 0.15) is 27.0 Å². The van der Waals surface area contributed by atoms with Gasteiger partial charge in [-0.3, -0.25) is 5.01 Å². The monoisotopic (exact) mass is 309 g/mol. The van der Waals surface area contributed by atoms with Crippen molar-refractivity contribution in [3.8, 4) is 0 Å². The first-order valence-corrected chi connectivity index (χ1v) is 7.40. The SMILES string of the molecule is Cc1cccc2c1C/C(=C/N(N)c1cccc(C(=O)ON)c1)C2. The summed E-state index contributed by atoms with van der Waals surface area (Å²) in [5.41, 5.74) is 6.35. The molecule has 0 bridgehead atoms. The standard InChI is InChI=1S/C18H19N3O2/c1-12-4-2-5-14-8-13(9-17(12)14)11-21(19)16-7-3-6-15(10-16)18(22)23-20/h2-7,10-11H,8-9,19-20H2,1H3/b13-11+. The number of nitrogens with two attached hydrogens (primary N) is 2. The van der Waals surface area contributed by atoms with Crippen molar-refractivity contribution in [1.29, 1.82) is 0 Å². The zero-order chi connectivity index (χ0) is 16.4. The number of carbonyl (C=O) groups excluding carboxylic acids is 1. The Hall–Kier alpha value is -2.63. The van der Waals surface area contributed by atoms with Crippen molar-refractivity contribution in [2.45, 2.75) is 19.8 Å². The zero-order valence-corrected chi connectivity index (χ0v) is 13.0. The number of hydrogen-bond acceptors (Lipinski definition) is 5. The summed E-state index contributed by atoms with van der Waals surface area (Å²) in [6, 6.07) is 13.2. The summed E-state index contributed by atoms with van der Waals surface area (Å²) < 4.78 is 0. The van der Waals surface area contributed by atoms with E-state index in [-0.39, 0.29) is 0 Å². The molecule has 0 spiro atoms. The lowest BCUT2D eigenvalue weighted by atomic mass is 10.1. The lowest BCUT2D eigenvalue weighted by Gasteiger charge is -2.15. The van der Waals surface area contributed by atoms with Gasteiger partial charge in [-0.25, -0.2) is 10.6 Å². The maximum atomic E-state index is 11.5. The van der Waals surface area contributed by atoms with Crippen molar-refractivity contribution < 1.29 is 9.63 Å². The van der Waals surface area contributed by atoms with Gasteiger partial charge in [0.25, 0.3) is 0 Å². The third kappa shape index (κ3) is 3.11. The summed E-state index contributed by atoms with van der Waals surface area (Å²) in [6.07, 6.45) is 3.72. The second-order valence-electron chi connectivity index (χ2n) is 5.72. The Morgan fingerprint density at radius 1 is 1.22 bits per heavy atom. The lowest BCUT2D eigenvalue weighted by molar-refractivity contribution is 0.0503. The molecule has 0 saturated carbocycles. The van der Waals surface area contributed by atoms with Crippen LogP contribution in [0.25, 0.3) is 0 Å². The number of nitrogens with zero attached hydrogens (tertiary/aromatic N) is 1. The quantitative estimate of drug-likeness (QED) is 0.672. The average molecular weight is 309 g/mol. The highest BCUT2D eigenvalue weighted by atomic mass is 16.7. The van der Waals surface area contributed by atoms with E-state index in [1.54, 1.807) is 18.2 Å². The van der Waals surface area contributed by atoms with Crippen LogP contribution in [0.2, 0.25) is 0 Å². The average Bonchev–Trinajstić information content (AvgIpc) is 2.98. The Morgan fingerprint density at radius 2 is 2.00 bits per heavy atom. The summed E-state index contributed by atoms with van der Waals surface area (Å²) in [6.45, 7) is 2.13. The van der Waals surface area contributed by atoms with Gasteiger partial charge in [0, 0.05) is 6.20 Å². The summed E-state index contributed by atoms with van der Waals surface area (Å²) >= 11 is 0. The van der Waals surface area contributed by atoms with E-state index in [1.165, 1.54) is 27.3 Å². The van der Waals surface area contributed by atoms with Gasteiger partial charge < -0.3 is 4.84 Å². The molecule has 5 nitrogen and oxygen atoms in total. The van der Waals surface area contributed by atoms with Gasteiger partial charge in [0.05, 0.1) is 11.3 Å². The van der Waals surface area contributed by atoms with Crippen molar-refractivity contribution in [3.63, 3.8) is 0 Å². The molecule has 0 unspecified atom stereocenters. The molecule has 1 aliphatic rings. The molecular formula is C18H19N3O2. The topological polar surface area (TPSA) is 81.6 Å². The molecule has 118 valence electrons. The van der Waals surface area contributed by atoms with Gasteiger partial charge in [-0.2, -0.15) is 5.90 Å². The highest BCUT2D eigenvalue weighted by Gasteiger charge is 2.17. The molecule has 2 aromatic carbocycles. The smallest absolute Gasteiger partial charge is 0.356 e. The first-order chi connectivity index (χ1) is 11.1. The Labute approximate surface area is 135 Å². The fourth-order valence-corrected chi connectivity index (χ4v) is 2.94. The van der Waals surface area contributed by atoms with Crippen molar-refractivity contribution in [1.82, 2.24) is 0 Å². The molecule has 0 amide bonds. The van der Waals surface area contributed by atoms with Crippen LogP contribution in [0.15, 0.2) is 54.2 Å². The van der Waals surface area contributed by atoms with E-state index in [1.807, 2.05) is 12.3 Å². The summed E-state index contributed by atoms with van der Waals surface area (Å²) in [4.78, 5) is 15.7. The third-order valence-corrected chi connectivity index (χ3v) is 4.14.